The predicted octanol–water partition coefficient (Wildman–Crippen LogP) is 4.16. The van der Waals surface area contributed by atoms with E-state index in [0.29, 0.717) is 12.8 Å². The van der Waals surface area contributed by atoms with Gasteiger partial charge in [-0.05, 0) is 24.7 Å². The lowest BCUT2D eigenvalue weighted by molar-refractivity contribution is -0.191. The first-order valence-corrected chi connectivity index (χ1v) is 4.94. The van der Waals surface area contributed by atoms with Gasteiger partial charge in [-0.25, -0.2) is 0 Å². The summed E-state index contributed by atoms with van der Waals surface area (Å²) in [5.41, 5.74) is -0.0710. The van der Waals surface area contributed by atoms with Crippen LogP contribution in [0.15, 0.2) is 0 Å². The molecule has 0 unspecified atom stereocenters. The number of halogens is 3. The van der Waals surface area contributed by atoms with Crippen LogP contribution in [-0.2, 0) is 0 Å². The van der Waals surface area contributed by atoms with Crippen molar-refractivity contribution in [1.29, 1.82) is 0 Å². The van der Waals surface area contributed by atoms with Gasteiger partial charge in [0.1, 0.15) is 0 Å². The Kier molecular flexibility index (Phi) is 2.93. The van der Waals surface area contributed by atoms with Gasteiger partial charge in [-0.3, -0.25) is 0 Å². The molecule has 0 aliphatic heterocycles. The molecule has 1 aliphatic rings. The molecule has 0 saturated heterocycles. The molecule has 0 spiro atoms. The molecule has 3 heteroatoms. The first-order chi connectivity index (χ1) is 5.87. The van der Waals surface area contributed by atoms with E-state index < -0.39 is 12.1 Å². The summed E-state index contributed by atoms with van der Waals surface area (Å²) in [5, 5.41) is 0. The van der Waals surface area contributed by atoms with Crippen LogP contribution < -0.4 is 0 Å². The van der Waals surface area contributed by atoms with Crippen molar-refractivity contribution in [2.45, 2.75) is 52.1 Å². The Bertz CT molecular complexity index is 173. The molecule has 1 fully saturated rings. The largest absolute Gasteiger partial charge is 0.391 e. The van der Waals surface area contributed by atoms with Crippen LogP contribution in [0.1, 0.15) is 46.0 Å². The zero-order valence-electron chi connectivity index (χ0n) is 8.25. The lowest BCUT2D eigenvalue weighted by Crippen LogP contribution is -2.33. The molecule has 0 heterocycles. The maximum Gasteiger partial charge on any atom is 0.391 e. The van der Waals surface area contributed by atoms with Crippen molar-refractivity contribution < 1.29 is 13.2 Å². The molecule has 0 radical (unpaired) electrons. The fourth-order valence-corrected chi connectivity index (χ4v) is 2.17. The van der Waals surface area contributed by atoms with Crippen LogP contribution in [0.2, 0.25) is 0 Å². The Balaban J connectivity index is 2.62. The molecule has 0 aromatic carbocycles. The lowest BCUT2D eigenvalue weighted by Gasteiger charge is -2.38. The molecule has 78 valence electrons. The maximum atomic E-state index is 12.4. The molecular weight excluding hydrogens is 177 g/mol. The molecule has 1 saturated carbocycles. The zero-order chi connectivity index (χ0) is 10.1. The van der Waals surface area contributed by atoms with Gasteiger partial charge in [0.15, 0.2) is 0 Å². The van der Waals surface area contributed by atoms with Gasteiger partial charge < -0.3 is 0 Å². The van der Waals surface area contributed by atoms with Crippen molar-refractivity contribution in [1.82, 2.24) is 0 Å². The third-order valence-electron chi connectivity index (χ3n) is 3.39. The fraction of sp³-hybridized carbons (Fsp3) is 1.00. The summed E-state index contributed by atoms with van der Waals surface area (Å²) in [6, 6.07) is 0. The average Bonchev–Trinajstić information content (AvgIpc) is 2.03. The first kappa shape index (κ1) is 10.9. The van der Waals surface area contributed by atoms with E-state index in [2.05, 4.69) is 0 Å². The standard InChI is InChI=1S/C10H17F3/c1-3-9(2)6-4-5-8(7-9)10(11,12)13/h8H,3-7H2,1-2H3/t8-,9+/m1/s1. The maximum absolute atomic E-state index is 12.4. The quantitative estimate of drug-likeness (QED) is 0.588. The number of hydrogen-bond donors (Lipinski definition) is 0. The minimum Gasteiger partial charge on any atom is -0.171 e. The van der Waals surface area contributed by atoms with Gasteiger partial charge in [0.2, 0.25) is 0 Å². The van der Waals surface area contributed by atoms with Crippen LogP contribution in [0.25, 0.3) is 0 Å². The van der Waals surface area contributed by atoms with Gasteiger partial charge in [-0.1, -0.05) is 26.7 Å². The van der Waals surface area contributed by atoms with Crippen LogP contribution in [0, 0.1) is 11.3 Å². The summed E-state index contributed by atoms with van der Waals surface area (Å²) in [4.78, 5) is 0. The monoisotopic (exact) mass is 194 g/mol. The Morgan fingerprint density at radius 2 is 2.00 bits per heavy atom. The molecule has 0 aromatic rings. The third kappa shape index (κ3) is 2.61. The predicted molar refractivity (Wildman–Crippen MR) is 46.4 cm³/mol. The highest BCUT2D eigenvalue weighted by Crippen LogP contribution is 2.47. The summed E-state index contributed by atoms with van der Waals surface area (Å²) < 4.78 is 37.3. The van der Waals surface area contributed by atoms with E-state index >= 15 is 0 Å². The second-order valence-corrected chi connectivity index (χ2v) is 4.50. The van der Waals surface area contributed by atoms with Crippen LogP contribution in [0.4, 0.5) is 13.2 Å². The number of rotatable bonds is 1. The van der Waals surface area contributed by atoms with Crippen molar-refractivity contribution in [2.24, 2.45) is 11.3 Å². The Hall–Kier alpha value is -0.210. The van der Waals surface area contributed by atoms with Crippen molar-refractivity contribution in [3.8, 4) is 0 Å². The summed E-state index contributed by atoms with van der Waals surface area (Å²) in [7, 11) is 0. The van der Waals surface area contributed by atoms with Crippen molar-refractivity contribution in [2.75, 3.05) is 0 Å². The molecule has 1 aliphatic carbocycles. The SMILES string of the molecule is CC[C@@]1(C)CCC[C@@H](C(F)(F)F)C1. The molecular formula is C10H17F3. The van der Waals surface area contributed by atoms with Gasteiger partial charge in [0, 0.05) is 0 Å². The summed E-state index contributed by atoms with van der Waals surface area (Å²) in [6.45, 7) is 3.96. The van der Waals surface area contributed by atoms with E-state index in [1.807, 2.05) is 13.8 Å². The molecule has 13 heavy (non-hydrogen) atoms. The van der Waals surface area contributed by atoms with Gasteiger partial charge in [-0.15, -0.1) is 0 Å². The molecule has 1 rings (SSSR count). The summed E-state index contributed by atoms with van der Waals surface area (Å²) >= 11 is 0. The minimum absolute atomic E-state index is 0.0710. The lowest BCUT2D eigenvalue weighted by atomic mass is 9.69. The van der Waals surface area contributed by atoms with Crippen LogP contribution in [0.3, 0.4) is 0 Å². The molecule has 0 amide bonds. The van der Waals surface area contributed by atoms with Gasteiger partial charge in [0.05, 0.1) is 5.92 Å². The van der Waals surface area contributed by atoms with Crippen LogP contribution in [-0.4, -0.2) is 6.18 Å². The van der Waals surface area contributed by atoms with Crippen molar-refractivity contribution in [3.05, 3.63) is 0 Å². The van der Waals surface area contributed by atoms with Gasteiger partial charge >= 0.3 is 6.18 Å². The van der Waals surface area contributed by atoms with E-state index in [4.69, 9.17) is 0 Å². The normalized spacial score (nSPS) is 36.2. The van der Waals surface area contributed by atoms with Crippen molar-refractivity contribution in [3.63, 3.8) is 0 Å². The fourth-order valence-electron chi connectivity index (χ4n) is 2.17. The molecule has 2 atom stereocenters. The zero-order valence-corrected chi connectivity index (χ0v) is 8.25. The second-order valence-electron chi connectivity index (χ2n) is 4.50. The summed E-state index contributed by atoms with van der Waals surface area (Å²) in [6.07, 6.45) is -0.771. The smallest absolute Gasteiger partial charge is 0.171 e. The summed E-state index contributed by atoms with van der Waals surface area (Å²) in [5.74, 6) is -1.05. The number of hydrogen-bond acceptors (Lipinski definition) is 0. The Morgan fingerprint density at radius 3 is 2.46 bits per heavy atom. The molecule has 0 nitrogen and oxygen atoms in total. The molecule has 0 aromatic heterocycles. The van der Waals surface area contributed by atoms with E-state index in [0.717, 1.165) is 19.3 Å². The highest BCUT2D eigenvalue weighted by atomic mass is 19.4. The second kappa shape index (κ2) is 3.50. The third-order valence-corrected chi connectivity index (χ3v) is 3.39. The average molecular weight is 194 g/mol. The highest BCUT2D eigenvalue weighted by Gasteiger charge is 2.45. The highest BCUT2D eigenvalue weighted by molar-refractivity contribution is 4.84. The minimum atomic E-state index is -3.98. The van der Waals surface area contributed by atoms with E-state index in [-0.39, 0.29) is 5.41 Å². The number of alkyl halides is 3. The first-order valence-electron chi connectivity index (χ1n) is 4.94. The van der Waals surface area contributed by atoms with Crippen molar-refractivity contribution >= 4 is 0 Å². The molecule has 0 N–H and O–H groups in total. The van der Waals surface area contributed by atoms with E-state index in [1.54, 1.807) is 0 Å². The van der Waals surface area contributed by atoms with E-state index in [9.17, 15) is 13.2 Å². The van der Waals surface area contributed by atoms with Crippen LogP contribution >= 0.6 is 0 Å². The molecule has 0 bridgehead atoms. The Morgan fingerprint density at radius 1 is 1.38 bits per heavy atom. The van der Waals surface area contributed by atoms with E-state index in [1.165, 1.54) is 0 Å². The van der Waals surface area contributed by atoms with Crippen LogP contribution in [0.5, 0.6) is 0 Å². The van der Waals surface area contributed by atoms with Gasteiger partial charge in [-0.2, -0.15) is 13.2 Å². The topological polar surface area (TPSA) is 0 Å². The Labute approximate surface area is 77.5 Å². The van der Waals surface area contributed by atoms with Gasteiger partial charge in [0.25, 0.3) is 0 Å².